The Kier molecular flexibility index (Phi) is 5.61. The van der Waals surface area contributed by atoms with E-state index >= 15 is 0 Å². The lowest BCUT2D eigenvalue weighted by Crippen LogP contribution is -2.63. The molecule has 0 radical (unpaired) electrons. The van der Waals surface area contributed by atoms with Gasteiger partial charge in [-0.2, -0.15) is 10.2 Å². The molecule has 3 aromatic rings. The van der Waals surface area contributed by atoms with Crippen molar-refractivity contribution in [2.75, 3.05) is 18.0 Å². The summed E-state index contributed by atoms with van der Waals surface area (Å²) < 4.78 is 28.5. The third kappa shape index (κ3) is 4.28. The van der Waals surface area contributed by atoms with Gasteiger partial charge in [-0.25, -0.2) is 18.7 Å². The number of carbonyl (C=O) groups is 1. The van der Waals surface area contributed by atoms with Crippen LogP contribution in [0.25, 0.3) is 11.1 Å². The third-order valence-electron chi connectivity index (χ3n) is 5.91. The van der Waals surface area contributed by atoms with Gasteiger partial charge in [-0.15, -0.1) is 12.3 Å². The topological polar surface area (TPSA) is 105 Å². The Bertz CT molecular complexity index is 1180. The number of nitrogens with zero attached hydrogens (tertiary/aromatic N) is 6. The summed E-state index contributed by atoms with van der Waals surface area (Å²) in [6.45, 7) is 5.04. The van der Waals surface area contributed by atoms with Crippen molar-refractivity contribution in [1.82, 2.24) is 35.3 Å². The number of halogens is 2. The number of amides is 1. The average molecular weight is 454 g/mol. The van der Waals surface area contributed by atoms with Crippen LogP contribution >= 0.6 is 0 Å². The molecule has 1 saturated heterocycles. The van der Waals surface area contributed by atoms with Crippen molar-refractivity contribution >= 4 is 11.7 Å². The summed E-state index contributed by atoms with van der Waals surface area (Å²) in [4.78, 5) is 22.5. The van der Waals surface area contributed by atoms with Crippen LogP contribution in [-0.4, -0.2) is 60.9 Å². The van der Waals surface area contributed by atoms with Crippen molar-refractivity contribution < 1.29 is 13.6 Å². The highest BCUT2D eigenvalue weighted by molar-refractivity contribution is 5.92. The van der Waals surface area contributed by atoms with Gasteiger partial charge in [0.15, 0.2) is 0 Å². The average Bonchev–Trinajstić information content (AvgIpc) is 3.39. The van der Waals surface area contributed by atoms with E-state index in [1.807, 2.05) is 22.7 Å². The predicted octanol–water partition coefficient (Wildman–Crippen LogP) is 2.38. The van der Waals surface area contributed by atoms with Gasteiger partial charge in [-0.05, 0) is 13.8 Å². The molecule has 0 spiro atoms. The van der Waals surface area contributed by atoms with Crippen LogP contribution in [-0.2, 0) is 5.54 Å². The normalized spacial score (nSPS) is 16.1. The molecule has 4 heterocycles. The second-order valence-corrected chi connectivity index (χ2v) is 8.45. The number of alkyl halides is 2. The molecule has 0 aliphatic carbocycles. The van der Waals surface area contributed by atoms with Crippen LogP contribution in [0, 0.1) is 19.3 Å². The first-order chi connectivity index (χ1) is 15.6. The van der Waals surface area contributed by atoms with E-state index in [1.54, 1.807) is 12.4 Å². The zero-order valence-electron chi connectivity index (χ0n) is 18.5. The summed E-state index contributed by atoms with van der Waals surface area (Å²) in [5.74, 6) is -0.444. The molecule has 2 N–H and O–H groups in total. The van der Waals surface area contributed by atoms with Gasteiger partial charge in [-0.3, -0.25) is 14.6 Å². The van der Waals surface area contributed by atoms with E-state index < -0.39 is 23.4 Å². The van der Waals surface area contributed by atoms with E-state index in [0.717, 1.165) is 23.7 Å². The molecule has 0 aromatic carbocycles. The van der Waals surface area contributed by atoms with Gasteiger partial charge < -0.3 is 10.2 Å². The maximum atomic E-state index is 13.3. The minimum atomic E-state index is -3.04. The van der Waals surface area contributed by atoms with Crippen LogP contribution in [0.4, 0.5) is 14.6 Å². The Labute approximate surface area is 189 Å². The molecule has 11 heteroatoms. The second kappa shape index (κ2) is 8.27. The first-order valence-corrected chi connectivity index (χ1v) is 10.4. The van der Waals surface area contributed by atoms with E-state index in [2.05, 4.69) is 36.5 Å². The predicted molar refractivity (Wildman–Crippen MR) is 118 cm³/mol. The minimum Gasteiger partial charge on any atom is -0.350 e. The van der Waals surface area contributed by atoms with E-state index in [4.69, 9.17) is 6.42 Å². The quantitative estimate of drug-likeness (QED) is 0.531. The van der Waals surface area contributed by atoms with Gasteiger partial charge in [0.25, 0.3) is 11.8 Å². The number of hydrogen-bond acceptors (Lipinski definition) is 6. The number of carbonyl (C=O) groups excluding carboxylic acids is 1. The van der Waals surface area contributed by atoms with Crippen LogP contribution in [0.2, 0.25) is 0 Å². The van der Waals surface area contributed by atoms with Crippen molar-refractivity contribution in [1.29, 1.82) is 0 Å². The largest absolute Gasteiger partial charge is 0.350 e. The fourth-order valence-electron chi connectivity index (χ4n) is 3.72. The highest BCUT2D eigenvalue weighted by Crippen LogP contribution is 2.36. The number of nitrogens with one attached hydrogen (secondary N) is 2. The molecule has 4 rings (SSSR count). The Morgan fingerprint density at radius 1 is 1.33 bits per heavy atom. The summed E-state index contributed by atoms with van der Waals surface area (Å²) in [5.41, 5.74) is 2.44. The fourth-order valence-corrected chi connectivity index (χ4v) is 3.72. The van der Waals surface area contributed by atoms with Crippen LogP contribution < -0.4 is 10.2 Å². The molecule has 172 valence electrons. The number of aromatic amines is 1. The zero-order valence-corrected chi connectivity index (χ0v) is 18.5. The van der Waals surface area contributed by atoms with Gasteiger partial charge in [0.1, 0.15) is 17.1 Å². The molecule has 1 aliphatic rings. The molecule has 1 aliphatic heterocycles. The second-order valence-electron chi connectivity index (χ2n) is 8.45. The van der Waals surface area contributed by atoms with Crippen molar-refractivity contribution in [3.05, 3.63) is 42.4 Å². The van der Waals surface area contributed by atoms with Gasteiger partial charge in [0.2, 0.25) is 0 Å². The lowest BCUT2D eigenvalue weighted by atomic mass is 9.86. The minimum absolute atomic E-state index is 0.0301. The standard InChI is InChI=1S/C22H24F2N8O/c1-5-6-22(32-11-16(7-28-32)17-8-27-30-14(17)2)12-31(13-22)19-10-25-18(9-26-19)20(33)29-15(3)21(4,23)24/h1,7-11,15H,6,12-13H2,2-4H3,(H,27,30)(H,29,33). The first-order valence-electron chi connectivity index (χ1n) is 10.4. The maximum absolute atomic E-state index is 13.3. The first kappa shape index (κ1) is 22.4. The van der Waals surface area contributed by atoms with Crippen molar-refractivity contribution in [2.45, 2.75) is 44.7 Å². The molecular formula is C22H24F2N8O. The smallest absolute Gasteiger partial charge is 0.271 e. The van der Waals surface area contributed by atoms with Crippen LogP contribution in [0.15, 0.2) is 31.0 Å². The number of aromatic nitrogens is 6. The number of rotatable bonds is 7. The van der Waals surface area contributed by atoms with Gasteiger partial charge in [-0.1, -0.05) is 0 Å². The molecule has 1 amide bonds. The van der Waals surface area contributed by atoms with Gasteiger partial charge in [0, 0.05) is 49.5 Å². The van der Waals surface area contributed by atoms with E-state index in [9.17, 15) is 13.6 Å². The van der Waals surface area contributed by atoms with Crippen molar-refractivity contribution in [3.63, 3.8) is 0 Å². The number of terminal acetylenes is 1. The summed E-state index contributed by atoms with van der Waals surface area (Å²) >= 11 is 0. The molecular weight excluding hydrogens is 430 g/mol. The Morgan fingerprint density at radius 3 is 2.67 bits per heavy atom. The monoisotopic (exact) mass is 454 g/mol. The summed E-state index contributed by atoms with van der Waals surface area (Å²) in [7, 11) is 0. The lowest BCUT2D eigenvalue weighted by Gasteiger charge is -2.49. The van der Waals surface area contributed by atoms with Crippen LogP contribution in [0.1, 0.15) is 36.5 Å². The lowest BCUT2D eigenvalue weighted by molar-refractivity contribution is -0.0109. The molecule has 1 unspecified atom stereocenters. The van der Waals surface area contributed by atoms with Crippen molar-refractivity contribution in [2.24, 2.45) is 0 Å². The number of H-pyrrole nitrogens is 1. The van der Waals surface area contributed by atoms with Crippen LogP contribution in [0.3, 0.4) is 0 Å². The Morgan fingerprint density at radius 2 is 2.09 bits per heavy atom. The molecule has 1 fully saturated rings. The van der Waals surface area contributed by atoms with Crippen LogP contribution in [0.5, 0.6) is 0 Å². The fraction of sp³-hybridized carbons (Fsp3) is 0.409. The number of aryl methyl sites for hydroxylation is 1. The van der Waals surface area contributed by atoms with Gasteiger partial charge >= 0.3 is 0 Å². The Hall–Kier alpha value is -3.81. The molecule has 1 atom stereocenters. The van der Waals surface area contributed by atoms with E-state index in [-0.39, 0.29) is 5.69 Å². The van der Waals surface area contributed by atoms with E-state index in [0.29, 0.717) is 25.3 Å². The summed E-state index contributed by atoms with van der Waals surface area (Å²) in [6, 6.07) is -1.32. The molecule has 9 nitrogen and oxygen atoms in total. The van der Waals surface area contributed by atoms with Crippen molar-refractivity contribution in [3.8, 4) is 23.5 Å². The molecule has 0 bridgehead atoms. The summed E-state index contributed by atoms with van der Waals surface area (Å²) in [5, 5.41) is 13.8. The van der Waals surface area contributed by atoms with Gasteiger partial charge in [0.05, 0.1) is 30.8 Å². The molecule has 33 heavy (non-hydrogen) atoms. The highest BCUT2D eigenvalue weighted by atomic mass is 19.3. The number of hydrogen-bond donors (Lipinski definition) is 2. The highest BCUT2D eigenvalue weighted by Gasteiger charge is 2.45. The Balaban J connectivity index is 1.45. The SMILES string of the molecule is C#CCC1(n2cc(-c3cn[nH]c3C)cn2)CN(c2cnc(C(=O)NC(C)C(C)(F)F)cn2)C1. The van der Waals surface area contributed by atoms with E-state index in [1.165, 1.54) is 19.3 Å². The third-order valence-corrected chi connectivity index (χ3v) is 5.91. The number of anilines is 1. The zero-order chi connectivity index (χ0) is 23.8. The maximum Gasteiger partial charge on any atom is 0.271 e. The molecule has 0 saturated carbocycles. The summed E-state index contributed by atoms with van der Waals surface area (Å²) in [6.07, 6.45) is 14.3. The molecule has 3 aromatic heterocycles.